The van der Waals surface area contributed by atoms with Gasteiger partial charge in [-0.1, -0.05) is 13.0 Å². The molecule has 1 aliphatic heterocycles. The lowest BCUT2D eigenvalue weighted by Crippen LogP contribution is -2.37. The smallest absolute Gasteiger partial charge is 0.324 e. The molecule has 1 fully saturated rings. The predicted octanol–water partition coefficient (Wildman–Crippen LogP) is 0.967. The van der Waals surface area contributed by atoms with Crippen molar-refractivity contribution in [3.63, 3.8) is 0 Å². The first kappa shape index (κ1) is 9.26. The molecule has 0 spiro atoms. The molecule has 0 amide bonds. The third kappa shape index (κ3) is 1.85. The number of hydrogen-bond acceptors (Lipinski definition) is 2. The van der Waals surface area contributed by atoms with E-state index in [0.717, 1.165) is 19.5 Å². The number of rotatable bonds is 3. The summed E-state index contributed by atoms with van der Waals surface area (Å²) in [6.45, 7) is 7.43. The largest absolute Gasteiger partial charge is 0.480 e. The van der Waals surface area contributed by atoms with Gasteiger partial charge in [0.25, 0.3) is 0 Å². The molecular formula is C9H15NO2. The van der Waals surface area contributed by atoms with Crippen LogP contribution in [0.2, 0.25) is 0 Å². The van der Waals surface area contributed by atoms with E-state index in [1.165, 1.54) is 6.08 Å². The summed E-state index contributed by atoms with van der Waals surface area (Å²) in [6.07, 6.45) is 2.60. The van der Waals surface area contributed by atoms with Gasteiger partial charge in [-0.15, -0.1) is 6.58 Å². The highest BCUT2D eigenvalue weighted by molar-refractivity contribution is 5.75. The third-order valence-electron chi connectivity index (χ3n) is 2.32. The van der Waals surface area contributed by atoms with E-state index in [0.29, 0.717) is 5.92 Å². The summed E-state index contributed by atoms with van der Waals surface area (Å²) in [5, 5.41) is 8.81. The number of nitrogens with zero attached hydrogens (tertiary/aromatic N) is 1. The molecule has 1 heterocycles. The van der Waals surface area contributed by atoms with Crippen molar-refractivity contribution >= 4 is 5.97 Å². The summed E-state index contributed by atoms with van der Waals surface area (Å²) < 4.78 is 0. The van der Waals surface area contributed by atoms with E-state index in [4.69, 9.17) is 5.11 Å². The van der Waals surface area contributed by atoms with E-state index >= 15 is 0 Å². The van der Waals surface area contributed by atoms with E-state index in [2.05, 4.69) is 13.5 Å². The average molecular weight is 169 g/mol. The zero-order valence-electron chi connectivity index (χ0n) is 7.36. The minimum absolute atomic E-state index is 0.491. The minimum atomic E-state index is -0.792. The van der Waals surface area contributed by atoms with Crippen LogP contribution < -0.4 is 0 Å². The normalized spacial score (nSPS) is 26.9. The molecule has 0 aromatic heterocycles. The summed E-state index contributed by atoms with van der Waals surface area (Å²) in [4.78, 5) is 12.7. The minimum Gasteiger partial charge on any atom is -0.480 e. The van der Waals surface area contributed by atoms with Crippen LogP contribution in [0, 0.1) is 5.92 Å². The zero-order chi connectivity index (χ0) is 9.14. The van der Waals surface area contributed by atoms with Crippen LogP contribution in [0.4, 0.5) is 0 Å². The van der Waals surface area contributed by atoms with Gasteiger partial charge in [0.2, 0.25) is 0 Å². The molecule has 2 atom stereocenters. The molecule has 1 aliphatic rings. The van der Waals surface area contributed by atoms with Gasteiger partial charge in [0.1, 0.15) is 6.04 Å². The third-order valence-corrected chi connectivity index (χ3v) is 2.32. The number of aliphatic carboxylic acids is 1. The zero-order valence-corrected chi connectivity index (χ0v) is 7.36. The van der Waals surface area contributed by atoms with Gasteiger partial charge in [-0.2, -0.15) is 0 Å². The number of carbonyl (C=O) groups is 1. The fraction of sp³-hybridized carbons (Fsp3) is 0.667. The Morgan fingerprint density at radius 1 is 1.83 bits per heavy atom. The predicted molar refractivity (Wildman–Crippen MR) is 47.0 cm³/mol. The molecule has 3 heteroatoms. The first-order valence-corrected chi connectivity index (χ1v) is 4.24. The molecule has 3 nitrogen and oxygen atoms in total. The lowest BCUT2D eigenvalue weighted by molar-refractivity contribution is -0.141. The van der Waals surface area contributed by atoms with Crippen LogP contribution >= 0.6 is 0 Å². The molecule has 68 valence electrons. The van der Waals surface area contributed by atoms with Crippen LogP contribution in [0.1, 0.15) is 13.3 Å². The number of carboxylic acid groups (broad SMARTS) is 1. The van der Waals surface area contributed by atoms with Crippen molar-refractivity contribution in [1.82, 2.24) is 4.90 Å². The highest BCUT2D eigenvalue weighted by Gasteiger charge is 2.28. The van der Waals surface area contributed by atoms with Crippen molar-refractivity contribution in [3.05, 3.63) is 12.7 Å². The monoisotopic (exact) mass is 169 g/mol. The fourth-order valence-electron chi connectivity index (χ4n) is 1.63. The van der Waals surface area contributed by atoms with Gasteiger partial charge in [0.15, 0.2) is 0 Å². The molecule has 1 rings (SSSR count). The van der Waals surface area contributed by atoms with Gasteiger partial charge in [-0.3, -0.25) is 9.69 Å². The van der Waals surface area contributed by atoms with Crippen LogP contribution in [0.15, 0.2) is 12.7 Å². The van der Waals surface area contributed by atoms with Crippen LogP contribution in [-0.4, -0.2) is 35.1 Å². The van der Waals surface area contributed by atoms with E-state index in [9.17, 15) is 4.79 Å². The Labute approximate surface area is 72.7 Å². The molecule has 2 unspecified atom stereocenters. The summed E-state index contributed by atoms with van der Waals surface area (Å²) >= 11 is 0. The van der Waals surface area contributed by atoms with Crippen molar-refractivity contribution in [2.75, 3.05) is 13.1 Å². The summed E-state index contributed by atoms with van der Waals surface area (Å²) in [5.41, 5.74) is 0. The molecule has 0 aromatic carbocycles. The van der Waals surface area contributed by atoms with Crippen molar-refractivity contribution in [3.8, 4) is 0 Å². The molecule has 0 saturated carbocycles. The number of likely N-dealkylation sites (tertiary alicyclic amines) is 1. The van der Waals surface area contributed by atoms with Crippen LogP contribution in [-0.2, 0) is 4.79 Å². The van der Waals surface area contributed by atoms with Crippen LogP contribution in [0.25, 0.3) is 0 Å². The van der Waals surface area contributed by atoms with E-state index in [1.807, 2.05) is 4.90 Å². The maximum Gasteiger partial charge on any atom is 0.324 e. The Morgan fingerprint density at radius 2 is 2.50 bits per heavy atom. The van der Waals surface area contributed by atoms with Crippen LogP contribution in [0.3, 0.4) is 0 Å². The summed E-state index contributed by atoms with van der Waals surface area (Å²) in [6, 6.07) is -0.491. The Balaban J connectivity index is 2.55. The second-order valence-corrected chi connectivity index (χ2v) is 3.41. The van der Waals surface area contributed by atoms with E-state index in [-0.39, 0.29) is 0 Å². The lowest BCUT2D eigenvalue weighted by atomic mass is 10.2. The second kappa shape index (κ2) is 3.72. The molecule has 0 radical (unpaired) electrons. The second-order valence-electron chi connectivity index (χ2n) is 3.41. The Kier molecular flexibility index (Phi) is 2.87. The molecule has 0 bridgehead atoms. The van der Waals surface area contributed by atoms with Crippen molar-refractivity contribution in [1.29, 1.82) is 0 Å². The summed E-state index contributed by atoms with van der Waals surface area (Å²) in [5.74, 6) is -0.175. The van der Waals surface area contributed by atoms with Crippen molar-refractivity contribution in [2.24, 2.45) is 5.92 Å². The highest BCUT2D eigenvalue weighted by Crippen LogP contribution is 2.18. The molecule has 1 N–H and O–H groups in total. The molecule has 1 saturated heterocycles. The highest BCUT2D eigenvalue weighted by atomic mass is 16.4. The molecule has 0 aromatic rings. The van der Waals surface area contributed by atoms with Crippen molar-refractivity contribution in [2.45, 2.75) is 19.4 Å². The van der Waals surface area contributed by atoms with Gasteiger partial charge in [0.05, 0.1) is 0 Å². The lowest BCUT2D eigenvalue weighted by Gasteiger charge is -2.20. The van der Waals surface area contributed by atoms with E-state index < -0.39 is 12.0 Å². The average Bonchev–Trinajstić information content (AvgIpc) is 2.37. The maximum absolute atomic E-state index is 10.7. The van der Waals surface area contributed by atoms with Crippen LogP contribution in [0.5, 0.6) is 0 Å². The van der Waals surface area contributed by atoms with Gasteiger partial charge in [0, 0.05) is 6.54 Å². The molecular weight excluding hydrogens is 154 g/mol. The topological polar surface area (TPSA) is 40.5 Å². The van der Waals surface area contributed by atoms with E-state index in [1.54, 1.807) is 0 Å². The molecule has 0 aliphatic carbocycles. The Bertz CT molecular complexity index is 191. The first-order chi connectivity index (χ1) is 5.65. The first-order valence-electron chi connectivity index (χ1n) is 4.24. The van der Waals surface area contributed by atoms with Gasteiger partial charge >= 0.3 is 5.97 Å². The van der Waals surface area contributed by atoms with Gasteiger partial charge in [-0.25, -0.2) is 0 Å². The fourth-order valence-corrected chi connectivity index (χ4v) is 1.63. The van der Waals surface area contributed by atoms with Crippen molar-refractivity contribution < 1.29 is 9.90 Å². The Hall–Kier alpha value is -0.830. The summed E-state index contributed by atoms with van der Waals surface area (Å²) in [7, 11) is 0. The Morgan fingerprint density at radius 3 is 2.83 bits per heavy atom. The molecule has 12 heavy (non-hydrogen) atoms. The maximum atomic E-state index is 10.7. The SMILES string of the molecule is C=CC(C(=O)O)N1CCC(C)C1. The quantitative estimate of drug-likeness (QED) is 0.640. The number of carboxylic acids is 1. The van der Waals surface area contributed by atoms with Gasteiger partial charge in [-0.05, 0) is 18.9 Å². The standard InChI is InChI=1S/C9H15NO2/c1-3-8(9(11)12)10-5-4-7(2)6-10/h3,7-8H,1,4-6H2,2H3,(H,11,12). The van der Waals surface area contributed by atoms with Gasteiger partial charge < -0.3 is 5.11 Å². The number of hydrogen-bond donors (Lipinski definition) is 1.